The lowest BCUT2D eigenvalue weighted by molar-refractivity contribution is 0.787. The van der Waals surface area contributed by atoms with Gasteiger partial charge in [-0.2, -0.15) is 0 Å². The zero-order valence-corrected chi connectivity index (χ0v) is 7.91. The molecule has 0 spiro atoms. The van der Waals surface area contributed by atoms with E-state index in [9.17, 15) is 0 Å². The molecule has 0 amide bonds. The van der Waals surface area contributed by atoms with Crippen molar-refractivity contribution in [3.05, 3.63) is 24.0 Å². The molecule has 0 atom stereocenters. The minimum Gasteiger partial charge on any atom is -0.398 e. The summed E-state index contributed by atoms with van der Waals surface area (Å²) in [5, 5.41) is 0. The predicted molar refractivity (Wildman–Crippen MR) is 54.6 cm³/mol. The summed E-state index contributed by atoms with van der Waals surface area (Å²) < 4.78 is 2.09. The Hall–Kier alpha value is -1.51. The van der Waals surface area contributed by atoms with Crippen LogP contribution in [0.4, 0.5) is 5.69 Å². The van der Waals surface area contributed by atoms with Gasteiger partial charge in [-0.05, 0) is 31.5 Å². The summed E-state index contributed by atoms with van der Waals surface area (Å²) in [5.41, 5.74) is 9.89. The molecular formula is C10H13N3. The third-order valence-electron chi connectivity index (χ3n) is 2.35. The molecule has 0 saturated carbocycles. The molecule has 0 aliphatic heterocycles. The Morgan fingerprint density at radius 3 is 2.92 bits per heavy atom. The summed E-state index contributed by atoms with van der Waals surface area (Å²) in [7, 11) is 0. The minimum atomic E-state index is 0.836. The van der Waals surface area contributed by atoms with Crippen LogP contribution in [0.2, 0.25) is 0 Å². The lowest BCUT2D eigenvalue weighted by Crippen LogP contribution is -1.93. The van der Waals surface area contributed by atoms with Gasteiger partial charge in [-0.3, -0.25) is 0 Å². The number of aryl methyl sites for hydroxylation is 2. The Kier molecular flexibility index (Phi) is 1.72. The molecule has 13 heavy (non-hydrogen) atoms. The quantitative estimate of drug-likeness (QED) is 0.673. The number of fused-ring (bicyclic) bond motifs is 1. The Balaban J connectivity index is 2.77. The van der Waals surface area contributed by atoms with E-state index in [4.69, 9.17) is 5.73 Å². The number of benzene rings is 1. The van der Waals surface area contributed by atoms with Crippen LogP contribution >= 0.6 is 0 Å². The van der Waals surface area contributed by atoms with Crippen LogP contribution in [0.3, 0.4) is 0 Å². The van der Waals surface area contributed by atoms with Gasteiger partial charge in [0.1, 0.15) is 0 Å². The van der Waals surface area contributed by atoms with Crippen LogP contribution in [-0.4, -0.2) is 9.55 Å². The molecule has 2 N–H and O–H groups in total. The average Bonchev–Trinajstić information content (AvgIpc) is 2.48. The van der Waals surface area contributed by atoms with Crippen LogP contribution in [-0.2, 0) is 6.54 Å². The van der Waals surface area contributed by atoms with Gasteiger partial charge < -0.3 is 10.3 Å². The fraction of sp³-hybridized carbons (Fsp3) is 0.300. The SMILES string of the molecule is CCn1cnc2cc(C)c(N)cc21. The molecule has 2 aromatic rings. The molecular weight excluding hydrogens is 162 g/mol. The number of nitrogen functional groups attached to an aromatic ring is 1. The second-order valence-corrected chi connectivity index (χ2v) is 3.23. The van der Waals surface area contributed by atoms with Crippen molar-refractivity contribution in [2.24, 2.45) is 0 Å². The second kappa shape index (κ2) is 2.76. The number of aromatic nitrogens is 2. The van der Waals surface area contributed by atoms with Crippen molar-refractivity contribution in [1.29, 1.82) is 0 Å². The van der Waals surface area contributed by atoms with Crippen molar-refractivity contribution in [1.82, 2.24) is 9.55 Å². The Labute approximate surface area is 77.2 Å². The van der Waals surface area contributed by atoms with Gasteiger partial charge in [-0.1, -0.05) is 0 Å². The Bertz CT molecular complexity index is 443. The summed E-state index contributed by atoms with van der Waals surface area (Å²) >= 11 is 0. The van der Waals surface area contributed by atoms with Gasteiger partial charge in [0, 0.05) is 12.2 Å². The molecule has 0 fully saturated rings. The molecule has 0 saturated heterocycles. The smallest absolute Gasteiger partial charge is 0.0958 e. The summed E-state index contributed by atoms with van der Waals surface area (Å²) in [4.78, 5) is 4.30. The van der Waals surface area contributed by atoms with Crippen molar-refractivity contribution < 1.29 is 0 Å². The highest BCUT2D eigenvalue weighted by Crippen LogP contribution is 2.20. The highest BCUT2D eigenvalue weighted by molar-refractivity contribution is 5.80. The van der Waals surface area contributed by atoms with E-state index in [-0.39, 0.29) is 0 Å². The molecule has 3 nitrogen and oxygen atoms in total. The molecule has 0 aliphatic rings. The molecule has 0 radical (unpaired) electrons. The summed E-state index contributed by atoms with van der Waals surface area (Å²) in [6.07, 6.45) is 1.85. The molecule has 1 aromatic heterocycles. The van der Waals surface area contributed by atoms with Crippen LogP contribution in [0.1, 0.15) is 12.5 Å². The van der Waals surface area contributed by atoms with Gasteiger partial charge >= 0.3 is 0 Å². The van der Waals surface area contributed by atoms with E-state index in [0.29, 0.717) is 0 Å². The number of imidazole rings is 1. The standard InChI is InChI=1S/C10H13N3/c1-3-13-6-12-9-4-7(2)8(11)5-10(9)13/h4-6H,3,11H2,1-2H3. The molecule has 1 aromatic carbocycles. The van der Waals surface area contributed by atoms with Crippen molar-refractivity contribution >= 4 is 16.7 Å². The average molecular weight is 175 g/mol. The second-order valence-electron chi connectivity index (χ2n) is 3.23. The number of nitrogens with two attached hydrogens (primary N) is 1. The molecule has 0 aliphatic carbocycles. The summed E-state index contributed by atoms with van der Waals surface area (Å²) in [6.45, 7) is 5.02. The molecule has 68 valence electrons. The van der Waals surface area contributed by atoms with E-state index >= 15 is 0 Å². The van der Waals surface area contributed by atoms with E-state index < -0.39 is 0 Å². The van der Waals surface area contributed by atoms with Gasteiger partial charge in [0.25, 0.3) is 0 Å². The molecule has 3 heteroatoms. The molecule has 0 unspecified atom stereocenters. The largest absolute Gasteiger partial charge is 0.398 e. The van der Waals surface area contributed by atoms with Crippen LogP contribution in [0.5, 0.6) is 0 Å². The van der Waals surface area contributed by atoms with Gasteiger partial charge in [0.05, 0.1) is 17.4 Å². The first kappa shape index (κ1) is 8.10. The van der Waals surface area contributed by atoms with Crippen LogP contribution in [0.25, 0.3) is 11.0 Å². The zero-order chi connectivity index (χ0) is 9.42. The fourth-order valence-electron chi connectivity index (χ4n) is 1.48. The highest BCUT2D eigenvalue weighted by Gasteiger charge is 2.03. The van der Waals surface area contributed by atoms with Crippen molar-refractivity contribution in [2.75, 3.05) is 5.73 Å². The lowest BCUT2D eigenvalue weighted by atomic mass is 10.2. The number of hydrogen-bond acceptors (Lipinski definition) is 2. The normalized spacial score (nSPS) is 10.9. The fourth-order valence-corrected chi connectivity index (χ4v) is 1.48. The maximum Gasteiger partial charge on any atom is 0.0958 e. The monoisotopic (exact) mass is 175 g/mol. The third kappa shape index (κ3) is 1.16. The van der Waals surface area contributed by atoms with Gasteiger partial charge in [0.2, 0.25) is 0 Å². The number of anilines is 1. The van der Waals surface area contributed by atoms with E-state index in [1.165, 1.54) is 0 Å². The molecule has 2 rings (SSSR count). The first-order valence-electron chi connectivity index (χ1n) is 4.43. The van der Waals surface area contributed by atoms with Gasteiger partial charge in [0.15, 0.2) is 0 Å². The first-order chi connectivity index (χ1) is 6.22. The Morgan fingerprint density at radius 2 is 2.23 bits per heavy atom. The zero-order valence-electron chi connectivity index (χ0n) is 7.91. The van der Waals surface area contributed by atoms with Crippen molar-refractivity contribution in [2.45, 2.75) is 20.4 Å². The van der Waals surface area contributed by atoms with Gasteiger partial charge in [-0.25, -0.2) is 4.98 Å². The van der Waals surface area contributed by atoms with E-state index in [1.807, 2.05) is 25.4 Å². The highest BCUT2D eigenvalue weighted by atomic mass is 15.0. The van der Waals surface area contributed by atoms with Crippen LogP contribution in [0, 0.1) is 6.92 Å². The summed E-state index contributed by atoms with van der Waals surface area (Å²) in [6, 6.07) is 4.01. The van der Waals surface area contributed by atoms with Crippen LogP contribution < -0.4 is 5.73 Å². The minimum absolute atomic E-state index is 0.836. The van der Waals surface area contributed by atoms with Gasteiger partial charge in [-0.15, -0.1) is 0 Å². The summed E-state index contributed by atoms with van der Waals surface area (Å²) in [5.74, 6) is 0. The first-order valence-corrected chi connectivity index (χ1v) is 4.43. The van der Waals surface area contributed by atoms with Crippen LogP contribution in [0.15, 0.2) is 18.5 Å². The van der Waals surface area contributed by atoms with E-state index in [0.717, 1.165) is 28.8 Å². The van der Waals surface area contributed by atoms with Crippen molar-refractivity contribution in [3.8, 4) is 0 Å². The number of rotatable bonds is 1. The number of hydrogen-bond donors (Lipinski definition) is 1. The Morgan fingerprint density at radius 1 is 1.46 bits per heavy atom. The lowest BCUT2D eigenvalue weighted by Gasteiger charge is -2.02. The van der Waals surface area contributed by atoms with E-state index in [1.54, 1.807) is 0 Å². The third-order valence-corrected chi connectivity index (χ3v) is 2.35. The number of nitrogens with zero attached hydrogens (tertiary/aromatic N) is 2. The molecule has 1 heterocycles. The van der Waals surface area contributed by atoms with E-state index in [2.05, 4.69) is 16.5 Å². The maximum absolute atomic E-state index is 5.83. The van der Waals surface area contributed by atoms with Crippen molar-refractivity contribution in [3.63, 3.8) is 0 Å². The maximum atomic E-state index is 5.83. The molecule has 0 bridgehead atoms. The topological polar surface area (TPSA) is 43.8 Å². The predicted octanol–water partition coefficient (Wildman–Crippen LogP) is 1.95.